The van der Waals surface area contributed by atoms with Crippen LogP contribution in [0.4, 0.5) is 0 Å². The van der Waals surface area contributed by atoms with Crippen molar-refractivity contribution in [2.24, 2.45) is 0 Å². The van der Waals surface area contributed by atoms with Crippen LogP contribution in [0.15, 0.2) is 30.3 Å². The van der Waals surface area contributed by atoms with Crippen molar-refractivity contribution in [2.45, 2.75) is 39.2 Å². The summed E-state index contributed by atoms with van der Waals surface area (Å²) >= 11 is 0. The highest BCUT2D eigenvalue weighted by Crippen LogP contribution is 2.05. The Hall–Kier alpha value is -1.40. The van der Waals surface area contributed by atoms with Crippen molar-refractivity contribution in [3.05, 3.63) is 35.9 Å². The zero-order chi connectivity index (χ0) is 16.6. The van der Waals surface area contributed by atoms with Gasteiger partial charge in [0.1, 0.15) is 0 Å². The lowest BCUT2D eigenvalue weighted by molar-refractivity contribution is -0.121. The average Bonchev–Trinajstić information content (AvgIpc) is 2.43. The molecular formula is C16H26N2O3S. The minimum atomic E-state index is -3.41. The van der Waals surface area contributed by atoms with Gasteiger partial charge in [-0.1, -0.05) is 43.7 Å². The van der Waals surface area contributed by atoms with Gasteiger partial charge >= 0.3 is 0 Å². The van der Waals surface area contributed by atoms with Crippen LogP contribution >= 0.6 is 0 Å². The van der Waals surface area contributed by atoms with Crippen LogP contribution in [0.1, 0.15) is 32.3 Å². The first-order chi connectivity index (χ1) is 10.3. The van der Waals surface area contributed by atoms with E-state index in [1.165, 1.54) is 4.31 Å². The van der Waals surface area contributed by atoms with Crippen LogP contribution < -0.4 is 5.32 Å². The number of amides is 1. The number of carbonyl (C=O) groups is 1. The van der Waals surface area contributed by atoms with Crippen molar-refractivity contribution in [1.29, 1.82) is 0 Å². The molecule has 1 aromatic rings. The molecule has 6 heteroatoms. The van der Waals surface area contributed by atoms with E-state index in [-0.39, 0.29) is 18.5 Å². The van der Waals surface area contributed by atoms with E-state index in [2.05, 4.69) is 5.32 Å². The maximum absolute atomic E-state index is 12.0. The van der Waals surface area contributed by atoms with E-state index >= 15 is 0 Å². The zero-order valence-corrected chi connectivity index (χ0v) is 14.4. The molecule has 0 aliphatic rings. The summed E-state index contributed by atoms with van der Waals surface area (Å²) in [6.07, 6.45) is 3.59. The summed E-state index contributed by atoms with van der Waals surface area (Å²) in [5.41, 5.74) is 1.05. The maximum Gasteiger partial charge on any atom is 0.235 e. The highest BCUT2D eigenvalue weighted by Gasteiger charge is 2.20. The molecule has 0 bridgehead atoms. The second-order valence-corrected chi connectivity index (χ2v) is 7.57. The summed E-state index contributed by atoms with van der Waals surface area (Å²) in [5, 5.41) is 2.84. The molecule has 0 unspecified atom stereocenters. The second-order valence-electron chi connectivity index (χ2n) is 5.59. The predicted molar refractivity (Wildman–Crippen MR) is 89.1 cm³/mol. The van der Waals surface area contributed by atoms with Crippen molar-refractivity contribution in [1.82, 2.24) is 9.62 Å². The highest BCUT2D eigenvalue weighted by molar-refractivity contribution is 7.88. The smallest absolute Gasteiger partial charge is 0.235 e. The minimum Gasteiger partial charge on any atom is -0.353 e. The molecule has 0 aliphatic carbocycles. The van der Waals surface area contributed by atoms with Crippen LogP contribution in [0.2, 0.25) is 0 Å². The molecule has 5 nitrogen and oxygen atoms in total. The fourth-order valence-electron chi connectivity index (χ4n) is 2.25. The number of nitrogens with one attached hydrogen (secondary N) is 1. The Kier molecular flexibility index (Phi) is 7.55. The van der Waals surface area contributed by atoms with E-state index in [9.17, 15) is 13.2 Å². The van der Waals surface area contributed by atoms with E-state index in [0.29, 0.717) is 13.0 Å². The van der Waals surface area contributed by atoms with Crippen molar-refractivity contribution < 1.29 is 13.2 Å². The van der Waals surface area contributed by atoms with Crippen LogP contribution in [-0.4, -0.2) is 44.0 Å². The molecule has 0 saturated heterocycles. The van der Waals surface area contributed by atoms with Gasteiger partial charge in [0.15, 0.2) is 0 Å². The topological polar surface area (TPSA) is 66.5 Å². The number of nitrogens with zero attached hydrogens (tertiary/aromatic N) is 1. The number of carbonyl (C=O) groups excluding carboxylic acids is 1. The first kappa shape index (κ1) is 18.6. The largest absolute Gasteiger partial charge is 0.353 e. The Balaban J connectivity index is 2.60. The molecular weight excluding hydrogens is 300 g/mol. The molecule has 1 rings (SSSR count). The van der Waals surface area contributed by atoms with Crippen molar-refractivity contribution in [3.8, 4) is 0 Å². The van der Waals surface area contributed by atoms with Crippen LogP contribution in [0.25, 0.3) is 0 Å². The molecule has 0 spiro atoms. The molecule has 0 radical (unpaired) electrons. The lowest BCUT2D eigenvalue weighted by Crippen LogP contribution is -2.43. The van der Waals surface area contributed by atoms with E-state index in [0.717, 1.165) is 24.7 Å². The molecule has 0 aliphatic heterocycles. The third kappa shape index (κ3) is 7.04. The van der Waals surface area contributed by atoms with Gasteiger partial charge in [0.25, 0.3) is 0 Å². The van der Waals surface area contributed by atoms with Gasteiger partial charge in [-0.05, 0) is 25.3 Å². The number of hydrogen-bond donors (Lipinski definition) is 1. The third-order valence-corrected chi connectivity index (χ3v) is 4.66. The Labute approximate surface area is 133 Å². The van der Waals surface area contributed by atoms with Crippen molar-refractivity contribution in [3.63, 3.8) is 0 Å². The van der Waals surface area contributed by atoms with Gasteiger partial charge in [-0.25, -0.2) is 8.42 Å². The van der Waals surface area contributed by atoms with Gasteiger partial charge in [-0.15, -0.1) is 0 Å². The Morgan fingerprint density at radius 2 is 1.91 bits per heavy atom. The fourth-order valence-corrected chi connectivity index (χ4v) is 3.02. The molecule has 124 valence electrons. The fraction of sp³-hybridized carbons (Fsp3) is 0.562. The SMILES string of the molecule is CCC[C@H](C)NC(=O)CN(CCc1ccccc1)S(C)(=O)=O. The summed E-state index contributed by atoms with van der Waals surface area (Å²) in [4.78, 5) is 12.0. The molecule has 0 fully saturated rings. The van der Waals surface area contributed by atoms with Crippen LogP contribution in [0.3, 0.4) is 0 Å². The average molecular weight is 326 g/mol. The monoisotopic (exact) mass is 326 g/mol. The van der Waals surface area contributed by atoms with E-state index in [1.807, 2.05) is 44.2 Å². The third-order valence-electron chi connectivity index (χ3n) is 3.41. The summed E-state index contributed by atoms with van der Waals surface area (Å²) in [6, 6.07) is 9.71. The van der Waals surface area contributed by atoms with E-state index < -0.39 is 10.0 Å². The Morgan fingerprint density at radius 3 is 2.45 bits per heavy atom. The molecule has 0 heterocycles. The molecule has 1 aromatic carbocycles. The molecule has 1 amide bonds. The lowest BCUT2D eigenvalue weighted by Gasteiger charge is -2.21. The van der Waals surface area contributed by atoms with Gasteiger partial charge in [0.05, 0.1) is 12.8 Å². The maximum atomic E-state index is 12.0. The molecule has 0 aromatic heterocycles. The van der Waals surface area contributed by atoms with Crippen LogP contribution in [0.5, 0.6) is 0 Å². The predicted octanol–water partition coefficient (Wildman–Crippen LogP) is 1.80. The zero-order valence-electron chi connectivity index (χ0n) is 13.6. The Morgan fingerprint density at radius 1 is 1.27 bits per heavy atom. The number of hydrogen-bond acceptors (Lipinski definition) is 3. The van der Waals surface area contributed by atoms with E-state index in [1.54, 1.807) is 0 Å². The first-order valence-corrected chi connectivity index (χ1v) is 9.46. The van der Waals surface area contributed by atoms with Crippen LogP contribution in [0, 0.1) is 0 Å². The summed E-state index contributed by atoms with van der Waals surface area (Å²) in [5.74, 6) is -0.251. The molecule has 1 atom stereocenters. The summed E-state index contributed by atoms with van der Waals surface area (Å²) in [6.45, 7) is 4.15. The van der Waals surface area contributed by atoms with Crippen LogP contribution in [-0.2, 0) is 21.2 Å². The molecule has 0 saturated carbocycles. The number of benzene rings is 1. The summed E-state index contributed by atoms with van der Waals surface area (Å²) < 4.78 is 24.9. The van der Waals surface area contributed by atoms with Gasteiger partial charge < -0.3 is 5.32 Å². The minimum absolute atomic E-state index is 0.0630. The standard InChI is InChI=1S/C16H26N2O3S/c1-4-8-14(2)17-16(19)13-18(22(3,20)21)12-11-15-9-6-5-7-10-15/h5-7,9-10,14H,4,8,11-13H2,1-3H3,(H,17,19)/t14-/m0/s1. The first-order valence-electron chi connectivity index (χ1n) is 7.61. The quantitative estimate of drug-likeness (QED) is 0.752. The summed E-state index contributed by atoms with van der Waals surface area (Å²) in [7, 11) is -3.41. The highest BCUT2D eigenvalue weighted by atomic mass is 32.2. The Bertz CT molecular complexity index is 558. The van der Waals surface area contributed by atoms with E-state index in [4.69, 9.17) is 0 Å². The molecule has 1 N–H and O–H groups in total. The number of sulfonamides is 1. The van der Waals surface area contributed by atoms with Crippen molar-refractivity contribution in [2.75, 3.05) is 19.3 Å². The number of rotatable bonds is 9. The van der Waals surface area contributed by atoms with Gasteiger partial charge in [0, 0.05) is 12.6 Å². The van der Waals surface area contributed by atoms with Gasteiger partial charge in [-0.3, -0.25) is 4.79 Å². The van der Waals surface area contributed by atoms with Gasteiger partial charge in [-0.2, -0.15) is 4.31 Å². The molecule has 22 heavy (non-hydrogen) atoms. The normalized spacial score (nSPS) is 13.1. The van der Waals surface area contributed by atoms with Gasteiger partial charge in [0.2, 0.25) is 15.9 Å². The lowest BCUT2D eigenvalue weighted by atomic mass is 10.1. The van der Waals surface area contributed by atoms with Crippen molar-refractivity contribution >= 4 is 15.9 Å². The second kappa shape index (κ2) is 8.90.